The standard InChI is InChI=1S/C11H15N4O3/c1-10(2)11(3,4)15(18)8(14-10)6-5-7(16)13-9(17)12-6/h5H,1-4H3,(H2,12,13,16,17). The van der Waals surface area contributed by atoms with Crippen LogP contribution in [0.15, 0.2) is 20.6 Å². The van der Waals surface area contributed by atoms with Gasteiger partial charge in [0.15, 0.2) is 5.84 Å². The Bertz CT molecular complexity index is 595. The van der Waals surface area contributed by atoms with Gasteiger partial charge in [0.1, 0.15) is 0 Å². The monoisotopic (exact) mass is 251 g/mol. The van der Waals surface area contributed by atoms with Crippen molar-refractivity contribution in [2.75, 3.05) is 0 Å². The number of aliphatic imine (C=N–C) groups is 1. The minimum atomic E-state index is -0.748. The number of nitrogens with zero attached hydrogens (tertiary/aromatic N) is 2. The molecule has 18 heavy (non-hydrogen) atoms. The van der Waals surface area contributed by atoms with Crippen molar-refractivity contribution >= 4 is 5.84 Å². The quantitative estimate of drug-likeness (QED) is 0.736. The molecule has 0 aromatic carbocycles. The van der Waals surface area contributed by atoms with E-state index in [0.29, 0.717) is 0 Å². The van der Waals surface area contributed by atoms with Crippen molar-refractivity contribution in [1.82, 2.24) is 15.0 Å². The lowest BCUT2D eigenvalue weighted by atomic mass is 9.84. The van der Waals surface area contributed by atoms with Crippen LogP contribution in [-0.2, 0) is 5.21 Å². The Morgan fingerprint density at radius 1 is 1.17 bits per heavy atom. The fraction of sp³-hybridized carbons (Fsp3) is 0.545. The summed E-state index contributed by atoms with van der Waals surface area (Å²) in [5.41, 5.74) is -2.44. The molecule has 0 bridgehead atoms. The number of rotatable bonds is 1. The molecular weight excluding hydrogens is 236 g/mol. The largest absolute Gasteiger partial charge is 0.326 e. The molecule has 1 aliphatic rings. The number of amidine groups is 1. The molecule has 1 aromatic heterocycles. The maximum atomic E-state index is 12.2. The lowest BCUT2D eigenvalue weighted by Crippen LogP contribution is -2.51. The Balaban J connectivity index is 2.60. The first-order valence-electron chi connectivity index (χ1n) is 5.56. The molecule has 7 heteroatoms. The molecule has 0 aliphatic carbocycles. The van der Waals surface area contributed by atoms with Crippen molar-refractivity contribution in [3.05, 3.63) is 32.6 Å². The van der Waals surface area contributed by atoms with Gasteiger partial charge in [0.2, 0.25) is 0 Å². The van der Waals surface area contributed by atoms with E-state index in [1.807, 2.05) is 18.8 Å². The van der Waals surface area contributed by atoms with E-state index in [1.54, 1.807) is 13.8 Å². The SMILES string of the molecule is CC1(C)N=C(c2cc(=O)[nH]c(=O)[nH]2)N([O])C1(C)C. The zero-order valence-electron chi connectivity index (χ0n) is 10.7. The molecule has 1 radical (unpaired) electrons. The second-order valence-electron chi connectivity index (χ2n) is 5.35. The summed E-state index contributed by atoms with van der Waals surface area (Å²) in [7, 11) is 0. The Morgan fingerprint density at radius 2 is 1.78 bits per heavy atom. The number of nitrogens with one attached hydrogen (secondary N) is 2. The Kier molecular flexibility index (Phi) is 2.48. The minimum absolute atomic E-state index is 0.0770. The highest BCUT2D eigenvalue weighted by molar-refractivity contribution is 5.98. The maximum absolute atomic E-state index is 12.2. The van der Waals surface area contributed by atoms with Crippen LogP contribution in [0.25, 0.3) is 0 Å². The number of H-pyrrole nitrogens is 2. The summed E-state index contributed by atoms with van der Waals surface area (Å²) in [6.07, 6.45) is 0. The van der Waals surface area contributed by atoms with Crippen LogP contribution in [0, 0.1) is 0 Å². The third kappa shape index (κ3) is 1.67. The molecule has 1 aromatic rings. The molecule has 0 spiro atoms. The normalized spacial score (nSPS) is 20.9. The third-order valence-corrected chi connectivity index (χ3v) is 3.58. The number of hydrogen-bond donors (Lipinski definition) is 2. The van der Waals surface area contributed by atoms with Gasteiger partial charge < -0.3 is 4.98 Å². The van der Waals surface area contributed by atoms with Crippen molar-refractivity contribution in [2.24, 2.45) is 4.99 Å². The van der Waals surface area contributed by atoms with Crippen molar-refractivity contribution < 1.29 is 5.21 Å². The average Bonchev–Trinajstić information content (AvgIpc) is 2.37. The molecule has 7 nitrogen and oxygen atoms in total. The second-order valence-corrected chi connectivity index (χ2v) is 5.35. The Labute approximate surface area is 103 Å². The van der Waals surface area contributed by atoms with Crippen LogP contribution in [0.3, 0.4) is 0 Å². The molecule has 0 atom stereocenters. The van der Waals surface area contributed by atoms with Crippen LogP contribution in [0.2, 0.25) is 0 Å². The van der Waals surface area contributed by atoms with E-state index < -0.39 is 22.3 Å². The van der Waals surface area contributed by atoms with Crippen molar-refractivity contribution in [2.45, 2.75) is 38.8 Å². The first kappa shape index (κ1) is 12.6. The molecule has 97 valence electrons. The van der Waals surface area contributed by atoms with Gasteiger partial charge in [-0.2, -0.15) is 5.06 Å². The van der Waals surface area contributed by atoms with E-state index in [2.05, 4.69) is 9.98 Å². The maximum Gasteiger partial charge on any atom is 0.326 e. The first-order chi connectivity index (χ1) is 8.15. The molecule has 0 fully saturated rings. The summed E-state index contributed by atoms with van der Waals surface area (Å²) < 4.78 is 0. The van der Waals surface area contributed by atoms with Gasteiger partial charge in [-0.15, -0.1) is 0 Å². The van der Waals surface area contributed by atoms with Crippen LogP contribution < -0.4 is 11.2 Å². The summed E-state index contributed by atoms with van der Waals surface area (Å²) in [6.45, 7) is 7.19. The molecule has 0 saturated heterocycles. The summed E-state index contributed by atoms with van der Waals surface area (Å²) in [4.78, 5) is 31.2. The Morgan fingerprint density at radius 3 is 2.22 bits per heavy atom. The van der Waals surface area contributed by atoms with Crippen LogP contribution in [0.5, 0.6) is 0 Å². The number of aromatic amines is 2. The summed E-state index contributed by atoms with van der Waals surface area (Å²) >= 11 is 0. The van der Waals surface area contributed by atoms with Crippen molar-refractivity contribution in [3.8, 4) is 0 Å². The van der Waals surface area contributed by atoms with Crippen molar-refractivity contribution in [3.63, 3.8) is 0 Å². The van der Waals surface area contributed by atoms with E-state index >= 15 is 0 Å². The molecule has 2 N–H and O–H groups in total. The highest BCUT2D eigenvalue weighted by atomic mass is 16.5. The van der Waals surface area contributed by atoms with E-state index in [-0.39, 0.29) is 11.5 Å². The van der Waals surface area contributed by atoms with Crippen molar-refractivity contribution in [1.29, 1.82) is 0 Å². The van der Waals surface area contributed by atoms with E-state index in [9.17, 15) is 14.8 Å². The number of aromatic nitrogens is 2. The average molecular weight is 251 g/mol. The van der Waals surface area contributed by atoms with Crippen LogP contribution >= 0.6 is 0 Å². The van der Waals surface area contributed by atoms with Gasteiger partial charge >= 0.3 is 5.69 Å². The van der Waals surface area contributed by atoms with Gasteiger partial charge in [-0.25, -0.2) is 4.79 Å². The highest BCUT2D eigenvalue weighted by Gasteiger charge is 2.50. The van der Waals surface area contributed by atoms with Gasteiger partial charge in [-0.3, -0.25) is 14.8 Å². The lowest BCUT2D eigenvalue weighted by Gasteiger charge is -2.35. The molecule has 0 saturated carbocycles. The van der Waals surface area contributed by atoms with Gasteiger partial charge in [0.25, 0.3) is 5.56 Å². The highest BCUT2D eigenvalue weighted by Crippen LogP contribution is 2.37. The Hall–Kier alpha value is -1.89. The third-order valence-electron chi connectivity index (χ3n) is 3.58. The molecule has 2 heterocycles. The van der Waals surface area contributed by atoms with Crippen LogP contribution in [0.4, 0.5) is 0 Å². The van der Waals surface area contributed by atoms with Gasteiger partial charge in [0.05, 0.1) is 16.8 Å². The zero-order valence-corrected chi connectivity index (χ0v) is 10.7. The molecule has 1 aliphatic heterocycles. The summed E-state index contributed by atoms with van der Waals surface area (Å²) in [5, 5.41) is 13.0. The predicted octanol–water partition coefficient (Wildman–Crippen LogP) is 0.0281. The molecule has 2 rings (SSSR count). The molecule has 0 unspecified atom stereocenters. The fourth-order valence-electron chi connectivity index (χ4n) is 1.72. The summed E-state index contributed by atoms with van der Waals surface area (Å²) in [5.74, 6) is 0.0770. The van der Waals surface area contributed by atoms with E-state index in [4.69, 9.17) is 0 Å². The fourth-order valence-corrected chi connectivity index (χ4v) is 1.72. The topological polar surface area (TPSA) is 101 Å². The van der Waals surface area contributed by atoms with Gasteiger partial charge in [0, 0.05) is 6.07 Å². The summed E-state index contributed by atoms with van der Waals surface area (Å²) in [6, 6.07) is 1.16. The minimum Gasteiger partial charge on any atom is -0.304 e. The lowest BCUT2D eigenvalue weighted by molar-refractivity contribution is -0.158. The number of hydroxylamine groups is 2. The first-order valence-corrected chi connectivity index (χ1v) is 5.56. The van der Waals surface area contributed by atoms with Crippen LogP contribution in [-0.4, -0.2) is 31.9 Å². The van der Waals surface area contributed by atoms with E-state index in [0.717, 1.165) is 11.1 Å². The van der Waals surface area contributed by atoms with Gasteiger partial charge in [-0.05, 0) is 27.7 Å². The predicted molar refractivity (Wildman–Crippen MR) is 64.9 cm³/mol. The molecule has 0 amide bonds. The zero-order chi connectivity index (χ0) is 13.7. The number of hydrogen-bond acceptors (Lipinski definition) is 4. The molecular formula is C11H15N4O3. The van der Waals surface area contributed by atoms with Crippen LogP contribution in [0.1, 0.15) is 33.4 Å². The van der Waals surface area contributed by atoms with E-state index in [1.165, 1.54) is 0 Å². The smallest absolute Gasteiger partial charge is 0.304 e. The second kappa shape index (κ2) is 3.55. The van der Waals surface area contributed by atoms with Gasteiger partial charge in [-0.1, -0.05) is 5.21 Å².